The second kappa shape index (κ2) is 4.92. The molecule has 22 heavy (non-hydrogen) atoms. The van der Waals surface area contributed by atoms with Crippen molar-refractivity contribution in [2.45, 2.75) is 6.92 Å². The predicted octanol–water partition coefficient (Wildman–Crippen LogP) is 4.19. The average Bonchev–Trinajstić information content (AvgIpc) is 2.54. The van der Waals surface area contributed by atoms with E-state index in [4.69, 9.17) is 0 Å². The highest BCUT2D eigenvalue weighted by atomic mass is 15.0. The molecule has 0 atom stereocenters. The first-order valence-electron chi connectivity index (χ1n) is 7.47. The molecule has 0 spiro atoms. The molecule has 0 aliphatic heterocycles. The molecule has 0 saturated carbocycles. The van der Waals surface area contributed by atoms with Gasteiger partial charge in [-0.2, -0.15) is 0 Å². The number of hydrogen-bond acceptors (Lipinski definition) is 1. The van der Waals surface area contributed by atoms with Crippen LogP contribution in [0.2, 0.25) is 0 Å². The molecule has 106 valence electrons. The number of fused-ring (bicyclic) bond motifs is 2. The first-order valence-corrected chi connectivity index (χ1v) is 7.47. The van der Waals surface area contributed by atoms with Gasteiger partial charge in [0.25, 0.3) is 6.33 Å². The number of aryl methyl sites for hydroxylation is 2. The molecule has 4 aromatic rings. The highest BCUT2D eigenvalue weighted by molar-refractivity contribution is 5.95. The summed E-state index contributed by atoms with van der Waals surface area (Å²) in [6.45, 7) is 2.18. The van der Waals surface area contributed by atoms with E-state index >= 15 is 0 Å². The molecule has 0 fully saturated rings. The Balaban J connectivity index is 2.11. The third-order valence-electron chi connectivity index (χ3n) is 4.23. The third-order valence-corrected chi connectivity index (χ3v) is 4.23. The molecule has 0 amide bonds. The van der Waals surface area contributed by atoms with Gasteiger partial charge in [-0.25, -0.2) is 4.57 Å². The number of hydrogen-bond donors (Lipinski definition) is 0. The Labute approximate surface area is 129 Å². The maximum Gasteiger partial charge on any atom is 0.287 e. The Hall–Kier alpha value is -2.74. The average molecular weight is 285 g/mol. The van der Waals surface area contributed by atoms with Crippen molar-refractivity contribution in [1.82, 2.24) is 4.98 Å². The quantitative estimate of drug-likeness (QED) is 0.479. The summed E-state index contributed by atoms with van der Waals surface area (Å²) in [7, 11) is 2.06. The largest absolute Gasteiger partial charge is 0.287 e. The number of benzene rings is 3. The molecule has 0 saturated heterocycles. The molecule has 0 N–H and O–H groups in total. The molecule has 0 radical (unpaired) electrons. The highest BCUT2D eigenvalue weighted by Gasteiger charge is 2.16. The van der Waals surface area contributed by atoms with E-state index in [1.54, 1.807) is 0 Å². The topological polar surface area (TPSA) is 16.8 Å². The molecule has 1 heterocycles. The smallest absolute Gasteiger partial charge is 0.232 e. The normalized spacial score (nSPS) is 11.2. The maximum atomic E-state index is 4.52. The van der Waals surface area contributed by atoms with Crippen LogP contribution in [-0.2, 0) is 7.05 Å². The molecule has 1 aromatic heterocycles. The van der Waals surface area contributed by atoms with Crippen LogP contribution in [0.4, 0.5) is 0 Å². The van der Waals surface area contributed by atoms with E-state index < -0.39 is 0 Å². The molecule has 0 bridgehead atoms. The van der Waals surface area contributed by atoms with E-state index in [1.807, 2.05) is 12.4 Å². The summed E-state index contributed by atoms with van der Waals surface area (Å²) in [5.74, 6) is 0. The molecule has 0 aliphatic rings. The van der Waals surface area contributed by atoms with Crippen molar-refractivity contribution in [3.05, 3.63) is 72.6 Å². The van der Waals surface area contributed by atoms with Crippen LogP contribution in [0.5, 0.6) is 0 Å². The van der Waals surface area contributed by atoms with Gasteiger partial charge in [0.1, 0.15) is 5.69 Å². The minimum atomic E-state index is 1.03. The van der Waals surface area contributed by atoms with Gasteiger partial charge in [0, 0.05) is 5.56 Å². The Morgan fingerprint density at radius 1 is 0.864 bits per heavy atom. The number of rotatable bonds is 1. The van der Waals surface area contributed by atoms with Crippen molar-refractivity contribution in [2.24, 2.45) is 7.05 Å². The van der Waals surface area contributed by atoms with Crippen LogP contribution in [0, 0.1) is 6.92 Å². The van der Waals surface area contributed by atoms with Crippen LogP contribution >= 0.6 is 0 Å². The molecule has 2 nitrogen and oxygen atoms in total. The minimum Gasteiger partial charge on any atom is -0.232 e. The van der Waals surface area contributed by atoms with Crippen LogP contribution in [0.25, 0.3) is 32.9 Å². The molecule has 0 aliphatic carbocycles. The van der Waals surface area contributed by atoms with Gasteiger partial charge >= 0.3 is 0 Å². The Kier molecular flexibility index (Phi) is 2.90. The fourth-order valence-electron chi connectivity index (χ4n) is 3.13. The van der Waals surface area contributed by atoms with E-state index in [-0.39, 0.29) is 0 Å². The van der Waals surface area contributed by atoms with Crippen LogP contribution in [0.1, 0.15) is 5.56 Å². The van der Waals surface area contributed by atoms with E-state index in [0.29, 0.717) is 0 Å². The molecular formula is C20H17N2+. The first-order chi connectivity index (χ1) is 10.7. The van der Waals surface area contributed by atoms with Gasteiger partial charge in [0.2, 0.25) is 0 Å². The Morgan fingerprint density at radius 3 is 2.36 bits per heavy atom. The minimum absolute atomic E-state index is 1.03. The van der Waals surface area contributed by atoms with E-state index in [1.165, 1.54) is 33.0 Å². The molecule has 4 rings (SSSR count). The van der Waals surface area contributed by atoms with E-state index in [0.717, 1.165) is 5.52 Å². The fourth-order valence-corrected chi connectivity index (χ4v) is 3.13. The maximum absolute atomic E-state index is 4.52. The summed E-state index contributed by atoms with van der Waals surface area (Å²) < 4.78 is 2.11. The van der Waals surface area contributed by atoms with Crippen molar-refractivity contribution >= 4 is 21.7 Å². The summed E-state index contributed by atoms with van der Waals surface area (Å²) in [4.78, 5) is 4.52. The monoisotopic (exact) mass is 285 g/mol. The summed E-state index contributed by atoms with van der Waals surface area (Å²) in [5.41, 5.74) is 4.79. The molecular weight excluding hydrogens is 268 g/mol. The Bertz CT molecular complexity index is 1000. The molecule has 0 unspecified atom stereocenters. The lowest BCUT2D eigenvalue weighted by atomic mass is 9.97. The van der Waals surface area contributed by atoms with Crippen LogP contribution in [-0.4, -0.2) is 4.98 Å². The van der Waals surface area contributed by atoms with Crippen molar-refractivity contribution in [3.8, 4) is 11.3 Å². The van der Waals surface area contributed by atoms with E-state index in [2.05, 4.69) is 78.1 Å². The summed E-state index contributed by atoms with van der Waals surface area (Å²) in [6.07, 6.45) is 1.90. The van der Waals surface area contributed by atoms with Crippen molar-refractivity contribution < 1.29 is 4.57 Å². The van der Waals surface area contributed by atoms with Gasteiger partial charge in [-0.05, 0) is 46.4 Å². The lowest BCUT2D eigenvalue weighted by Crippen LogP contribution is -2.31. The van der Waals surface area contributed by atoms with Crippen molar-refractivity contribution in [2.75, 3.05) is 0 Å². The van der Waals surface area contributed by atoms with Gasteiger partial charge in [-0.3, -0.25) is 0 Å². The Morgan fingerprint density at radius 2 is 1.55 bits per heavy atom. The predicted molar refractivity (Wildman–Crippen MR) is 90.6 cm³/mol. The zero-order valence-corrected chi connectivity index (χ0v) is 12.7. The number of aromatic nitrogens is 2. The van der Waals surface area contributed by atoms with Crippen LogP contribution in [0.3, 0.4) is 0 Å². The first kappa shape index (κ1) is 13.0. The van der Waals surface area contributed by atoms with Crippen molar-refractivity contribution in [3.63, 3.8) is 0 Å². The summed E-state index contributed by atoms with van der Waals surface area (Å²) >= 11 is 0. The SMILES string of the molecule is Cc1cc2ccccc2cc1-c1c2ccccc2nc[n+]1C. The van der Waals surface area contributed by atoms with Gasteiger partial charge in [0.05, 0.1) is 12.4 Å². The van der Waals surface area contributed by atoms with E-state index in [9.17, 15) is 0 Å². The fraction of sp³-hybridized carbons (Fsp3) is 0.100. The second-order valence-electron chi connectivity index (χ2n) is 5.74. The lowest BCUT2D eigenvalue weighted by molar-refractivity contribution is -0.662. The lowest BCUT2D eigenvalue weighted by Gasteiger charge is -2.10. The zero-order valence-electron chi connectivity index (χ0n) is 12.7. The number of para-hydroxylation sites is 1. The van der Waals surface area contributed by atoms with Gasteiger partial charge in [-0.15, -0.1) is 0 Å². The number of nitrogens with zero attached hydrogens (tertiary/aromatic N) is 2. The summed E-state index contributed by atoms with van der Waals surface area (Å²) in [5, 5.41) is 3.74. The molecule has 2 heteroatoms. The van der Waals surface area contributed by atoms with Gasteiger partial charge in [-0.1, -0.05) is 42.5 Å². The zero-order chi connectivity index (χ0) is 15.1. The van der Waals surface area contributed by atoms with Crippen molar-refractivity contribution in [1.29, 1.82) is 0 Å². The van der Waals surface area contributed by atoms with Gasteiger partial charge < -0.3 is 0 Å². The highest BCUT2D eigenvalue weighted by Crippen LogP contribution is 2.30. The standard InChI is InChI=1S/C20H17N2/c1-14-11-15-7-3-4-8-16(15)12-18(14)20-17-9-5-6-10-19(17)21-13-22(20)2/h3-13H,1-2H3/q+1. The third kappa shape index (κ3) is 1.96. The van der Waals surface area contributed by atoms with Crippen LogP contribution < -0.4 is 4.57 Å². The van der Waals surface area contributed by atoms with Gasteiger partial charge in [0.15, 0.2) is 5.52 Å². The second-order valence-corrected chi connectivity index (χ2v) is 5.74. The summed E-state index contributed by atoms with van der Waals surface area (Å²) in [6, 6.07) is 21.4. The van der Waals surface area contributed by atoms with Crippen LogP contribution in [0.15, 0.2) is 67.0 Å². The molecule has 3 aromatic carbocycles.